The molecule has 140 valence electrons. The fraction of sp³-hybridized carbons (Fsp3) is 0.650. The van der Waals surface area contributed by atoms with Gasteiger partial charge >= 0.3 is 6.09 Å². The summed E-state index contributed by atoms with van der Waals surface area (Å²) in [5.74, 6) is 0.420. The SMILES string of the molecule is Cc1cc(C2CCN(C(=O)OC(C)(C)C)CC2)c(CCCO)cc1Cl. The van der Waals surface area contributed by atoms with E-state index in [1.807, 2.05) is 33.8 Å². The molecule has 1 fully saturated rings. The van der Waals surface area contributed by atoms with Crippen molar-refractivity contribution in [3.63, 3.8) is 0 Å². The minimum absolute atomic E-state index is 0.183. The maximum Gasteiger partial charge on any atom is 0.410 e. The van der Waals surface area contributed by atoms with Gasteiger partial charge in [-0.25, -0.2) is 4.79 Å². The molecule has 5 heteroatoms. The van der Waals surface area contributed by atoms with Crippen molar-refractivity contribution >= 4 is 17.7 Å². The molecule has 0 saturated carbocycles. The highest BCUT2D eigenvalue weighted by Gasteiger charge is 2.28. The molecule has 1 N–H and O–H groups in total. The number of hydrogen-bond donors (Lipinski definition) is 1. The van der Waals surface area contributed by atoms with Crippen LogP contribution in [-0.2, 0) is 11.2 Å². The quantitative estimate of drug-likeness (QED) is 0.839. The maximum atomic E-state index is 12.2. The van der Waals surface area contributed by atoms with Crippen molar-refractivity contribution in [1.82, 2.24) is 4.90 Å². The van der Waals surface area contributed by atoms with Gasteiger partial charge in [0, 0.05) is 24.7 Å². The lowest BCUT2D eigenvalue weighted by Gasteiger charge is -2.34. The Balaban J connectivity index is 2.07. The fourth-order valence-electron chi connectivity index (χ4n) is 3.31. The van der Waals surface area contributed by atoms with Crippen molar-refractivity contribution in [2.75, 3.05) is 19.7 Å². The number of ether oxygens (including phenoxy) is 1. The van der Waals surface area contributed by atoms with Crippen LogP contribution in [0.25, 0.3) is 0 Å². The molecule has 0 aliphatic carbocycles. The van der Waals surface area contributed by atoms with E-state index in [-0.39, 0.29) is 12.7 Å². The largest absolute Gasteiger partial charge is 0.444 e. The minimum Gasteiger partial charge on any atom is -0.444 e. The monoisotopic (exact) mass is 367 g/mol. The van der Waals surface area contributed by atoms with Crippen LogP contribution >= 0.6 is 11.6 Å². The number of halogens is 1. The molecule has 1 aromatic carbocycles. The van der Waals surface area contributed by atoms with E-state index in [1.54, 1.807) is 4.90 Å². The predicted molar refractivity (Wildman–Crippen MR) is 101 cm³/mol. The number of rotatable bonds is 4. The van der Waals surface area contributed by atoms with Crippen LogP contribution in [0.3, 0.4) is 0 Å². The number of piperidine rings is 1. The molecular weight excluding hydrogens is 338 g/mol. The molecule has 0 radical (unpaired) electrons. The molecule has 1 aromatic rings. The second-order valence-electron chi connectivity index (χ2n) is 7.87. The van der Waals surface area contributed by atoms with Crippen LogP contribution in [0.5, 0.6) is 0 Å². The summed E-state index contributed by atoms with van der Waals surface area (Å²) in [6, 6.07) is 4.23. The number of nitrogens with zero attached hydrogens (tertiary/aromatic N) is 1. The lowest BCUT2D eigenvalue weighted by Crippen LogP contribution is -2.41. The van der Waals surface area contributed by atoms with E-state index in [0.29, 0.717) is 19.0 Å². The molecule has 1 amide bonds. The summed E-state index contributed by atoms with van der Waals surface area (Å²) in [6.07, 6.45) is 3.19. The third kappa shape index (κ3) is 5.61. The second kappa shape index (κ2) is 8.41. The van der Waals surface area contributed by atoms with Gasteiger partial charge in [0.25, 0.3) is 0 Å². The third-order valence-electron chi connectivity index (χ3n) is 4.61. The zero-order valence-corrected chi connectivity index (χ0v) is 16.5. The van der Waals surface area contributed by atoms with Crippen LogP contribution in [-0.4, -0.2) is 41.4 Å². The van der Waals surface area contributed by atoms with Crippen molar-refractivity contribution in [3.8, 4) is 0 Å². The van der Waals surface area contributed by atoms with E-state index in [1.165, 1.54) is 11.1 Å². The van der Waals surface area contributed by atoms with Gasteiger partial charge < -0.3 is 14.7 Å². The summed E-state index contributed by atoms with van der Waals surface area (Å²) in [5.41, 5.74) is 3.16. The van der Waals surface area contributed by atoms with Gasteiger partial charge in [0.1, 0.15) is 5.60 Å². The molecule has 1 aliphatic rings. The molecule has 4 nitrogen and oxygen atoms in total. The first-order valence-corrected chi connectivity index (χ1v) is 9.47. The Hall–Kier alpha value is -1.26. The van der Waals surface area contributed by atoms with Crippen LogP contribution in [0.1, 0.15) is 62.6 Å². The van der Waals surface area contributed by atoms with E-state index in [4.69, 9.17) is 21.4 Å². The number of carbonyl (C=O) groups excluding carboxylic acids is 1. The van der Waals surface area contributed by atoms with E-state index < -0.39 is 5.60 Å². The molecule has 1 aliphatic heterocycles. The van der Waals surface area contributed by atoms with Crippen molar-refractivity contribution in [1.29, 1.82) is 0 Å². The summed E-state index contributed by atoms with van der Waals surface area (Å²) >= 11 is 6.30. The van der Waals surface area contributed by atoms with E-state index >= 15 is 0 Å². The molecule has 0 spiro atoms. The Bertz CT molecular complexity index is 602. The van der Waals surface area contributed by atoms with E-state index in [9.17, 15) is 4.79 Å². The van der Waals surface area contributed by atoms with Crippen LogP contribution in [0.15, 0.2) is 12.1 Å². The van der Waals surface area contributed by atoms with E-state index in [2.05, 4.69) is 6.07 Å². The summed E-state index contributed by atoms with van der Waals surface area (Å²) in [5, 5.41) is 9.93. The Labute approximate surface area is 156 Å². The number of aryl methyl sites for hydroxylation is 2. The predicted octanol–water partition coefficient (Wildman–Crippen LogP) is 4.69. The average Bonchev–Trinajstić information content (AvgIpc) is 2.54. The summed E-state index contributed by atoms with van der Waals surface area (Å²) in [7, 11) is 0. The van der Waals surface area contributed by atoms with Gasteiger partial charge in [0.05, 0.1) is 0 Å². The molecule has 0 aromatic heterocycles. The second-order valence-corrected chi connectivity index (χ2v) is 8.28. The topological polar surface area (TPSA) is 49.8 Å². The van der Waals surface area contributed by atoms with E-state index in [0.717, 1.165) is 36.3 Å². The van der Waals surface area contributed by atoms with Gasteiger partial charge in [-0.05, 0) is 82.1 Å². The Morgan fingerprint density at radius 2 is 1.96 bits per heavy atom. The summed E-state index contributed by atoms with van der Waals surface area (Å²) < 4.78 is 5.47. The zero-order valence-electron chi connectivity index (χ0n) is 15.8. The molecule has 2 rings (SSSR count). The number of carbonyl (C=O) groups is 1. The van der Waals surface area contributed by atoms with Gasteiger partial charge in [-0.15, -0.1) is 0 Å². The number of likely N-dealkylation sites (tertiary alicyclic amines) is 1. The number of aliphatic hydroxyl groups excluding tert-OH is 1. The number of aliphatic hydroxyl groups is 1. The zero-order chi connectivity index (χ0) is 18.6. The first kappa shape index (κ1) is 20.1. The number of amides is 1. The van der Waals surface area contributed by atoms with Crippen LogP contribution in [0.4, 0.5) is 4.79 Å². The normalized spacial score (nSPS) is 16.2. The standard InChI is InChI=1S/C20H30ClNO3/c1-14-12-17(16(6-5-11-23)13-18(14)21)15-7-9-22(10-8-15)19(24)25-20(2,3)4/h12-13,15,23H,5-11H2,1-4H3. The molecule has 0 atom stereocenters. The minimum atomic E-state index is -0.460. The third-order valence-corrected chi connectivity index (χ3v) is 5.02. The van der Waals surface area contributed by atoms with Gasteiger partial charge in [-0.3, -0.25) is 0 Å². The van der Waals surface area contributed by atoms with Crippen molar-refractivity contribution in [2.45, 2.75) is 64.9 Å². The molecule has 0 bridgehead atoms. The van der Waals surface area contributed by atoms with Crippen molar-refractivity contribution in [3.05, 3.63) is 33.8 Å². The molecule has 1 saturated heterocycles. The first-order chi connectivity index (χ1) is 11.7. The summed E-state index contributed by atoms with van der Waals surface area (Å²) in [6.45, 7) is 9.30. The lowest BCUT2D eigenvalue weighted by atomic mass is 9.84. The summed E-state index contributed by atoms with van der Waals surface area (Å²) in [4.78, 5) is 14.0. The number of hydrogen-bond acceptors (Lipinski definition) is 3. The van der Waals surface area contributed by atoms with Gasteiger partial charge in [-0.2, -0.15) is 0 Å². The van der Waals surface area contributed by atoms with Crippen LogP contribution < -0.4 is 0 Å². The average molecular weight is 368 g/mol. The van der Waals surface area contributed by atoms with Crippen molar-refractivity contribution in [2.24, 2.45) is 0 Å². The highest BCUT2D eigenvalue weighted by Crippen LogP contribution is 2.34. The maximum absolute atomic E-state index is 12.2. The van der Waals surface area contributed by atoms with Gasteiger partial charge in [0.15, 0.2) is 0 Å². The molecule has 25 heavy (non-hydrogen) atoms. The van der Waals surface area contributed by atoms with Gasteiger partial charge in [0.2, 0.25) is 0 Å². The van der Waals surface area contributed by atoms with Crippen molar-refractivity contribution < 1.29 is 14.6 Å². The van der Waals surface area contributed by atoms with Crippen LogP contribution in [0.2, 0.25) is 5.02 Å². The van der Waals surface area contributed by atoms with Gasteiger partial charge in [-0.1, -0.05) is 17.7 Å². The molecule has 1 heterocycles. The first-order valence-electron chi connectivity index (χ1n) is 9.09. The smallest absolute Gasteiger partial charge is 0.410 e. The Kier molecular flexibility index (Phi) is 6.75. The Morgan fingerprint density at radius 3 is 2.52 bits per heavy atom. The molecule has 0 unspecified atom stereocenters. The molecular formula is C20H30ClNO3. The fourth-order valence-corrected chi connectivity index (χ4v) is 3.50. The number of benzene rings is 1. The lowest BCUT2D eigenvalue weighted by molar-refractivity contribution is 0.0204. The Morgan fingerprint density at radius 1 is 1.32 bits per heavy atom. The van der Waals surface area contributed by atoms with Crippen LogP contribution in [0, 0.1) is 6.92 Å². The highest BCUT2D eigenvalue weighted by molar-refractivity contribution is 6.31. The highest BCUT2D eigenvalue weighted by atomic mass is 35.5.